The molecule has 4 nitrogen and oxygen atoms in total. The zero-order valence-electron chi connectivity index (χ0n) is 21.6. The molecule has 0 N–H and O–H groups in total. The van der Waals surface area contributed by atoms with E-state index in [4.69, 9.17) is 9.97 Å². The number of nitrogens with zero attached hydrogens (tertiary/aromatic N) is 4. The molecule has 0 bridgehead atoms. The SMILES string of the molecule is c1ccc(-c2cccc(-c3nc(-n4c5ccccc5c5ccccc54)nc4ccn(-c5ccccc5)c34)c2)cc1. The van der Waals surface area contributed by atoms with Crippen molar-refractivity contribution >= 4 is 32.8 Å². The van der Waals surface area contributed by atoms with Gasteiger partial charge in [0.1, 0.15) is 5.69 Å². The van der Waals surface area contributed by atoms with E-state index in [1.165, 1.54) is 16.3 Å². The van der Waals surface area contributed by atoms with Crippen LogP contribution in [-0.4, -0.2) is 19.1 Å². The maximum Gasteiger partial charge on any atom is 0.235 e. The number of benzene rings is 5. The molecule has 0 aliphatic carbocycles. The molecule has 0 aliphatic heterocycles. The van der Waals surface area contributed by atoms with Gasteiger partial charge >= 0.3 is 0 Å². The van der Waals surface area contributed by atoms with Gasteiger partial charge in [0.05, 0.1) is 22.1 Å². The minimum absolute atomic E-state index is 0.663. The fourth-order valence-corrected chi connectivity index (χ4v) is 5.75. The summed E-state index contributed by atoms with van der Waals surface area (Å²) in [6, 6.07) is 48.6. The summed E-state index contributed by atoms with van der Waals surface area (Å²) >= 11 is 0. The Morgan fingerprint density at radius 3 is 1.80 bits per heavy atom. The zero-order valence-corrected chi connectivity index (χ0v) is 21.6. The van der Waals surface area contributed by atoms with Crippen LogP contribution < -0.4 is 0 Å². The summed E-state index contributed by atoms with van der Waals surface area (Å²) in [6.45, 7) is 0. The lowest BCUT2D eigenvalue weighted by Crippen LogP contribution is -2.04. The smallest absolute Gasteiger partial charge is 0.235 e. The average Bonchev–Trinajstić information content (AvgIpc) is 3.61. The van der Waals surface area contributed by atoms with Gasteiger partial charge in [-0.1, -0.05) is 103 Å². The van der Waals surface area contributed by atoms with Crippen LogP contribution in [0, 0.1) is 0 Å². The summed E-state index contributed by atoms with van der Waals surface area (Å²) in [5.41, 5.74) is 9.42. The summed E-state index contributed by atoms with van der Waals surface area (Å²) < 4.78 is 4.38. The zero-order chi connectivity index (χ0) is 26.5. The standard InChI is InChI=1S/C36H24N4/c1-3-12-25(13-4-1)26-14-11-15-27(24-26)34-35-31(22-23-39(35)28-16-5-2-6-17-28)37-36(38-34)40-32-20-9-7-18-29(32)30-19-8-10-21-33(30)40/h1-24H. The minimum Gasteiger partial charge on any atom is -0.313 e. The summed E-state index contributed by atoms with van der Waals surface area (Å²) in [4.78, 5) is 10.5. The van der Waals surface area contributed by atoms with Crippen LogP contribution in [-0.2, 0) is 0 Å². The van der Waals surface area contributed by atoms with Crippen LogP contribution in [0.25, 0.3) is 66.9 Å². The maximum absolute atomic E-state index is 5.34. The van der Waals surface area contributed by atoms with Gasteiger partial charge in [-0.3, -0.25) is 4.57 Å². The van der Waals surface area contributed by atoms with Crippen molar-refractivity contribution in [3.8, 4) is 34.0 Å². The molecule has 0 fully saturated rings. The molecule has 0 saturated carbocycles. The summed E-state index contributed by atoms with van der Waals surface area (Å²) in [7, 11) is 0. The van der Waals surface area contributed by atoms with E-state index in [1.807, 2.05) is 12.1 Å². The van der Waals surface area contributed by atoms with Crippen molar-refractivity contribution in [3.63, 3.8) is 0 Å². The molecule has 0 aliphatic rings. The number of rotatable bonds is 4. The number of fused-ring (bicyclic) bond motifs is 4. The summed E-state index contributed by atoms with van der Waals surface area (Å²) in [5.74, 6) is 0.663. The fourth-order valence-electron chi connectivity index (χ4n) is 5.75. The molecule has 0 unspecified atom stereocenters. The first-order valence-corrected chi connectivity index (χ1v) is 13.4. The van der Waals surface area contributed by atoms with Crippen LogP contribution in [0.4, 0.5) is 0 Å². The Hall–Kier alpha value is -5.48. The van der Waals surface area contributed by atoms with E-state index < -0.39 is 0 Å². The van der Waals surface area contributed by atoms with Gasteiger partial charge in [-0.05, 0) is 47.5 Å². The first kappa shape index (κ1) is 22.5. The largest absolute Gasteiger partial charge is 0.313 e. The minimum atomic E-state index is 0.663. The Morgan fingerprint density at radius 1 is 0.475 bits per heavy atom. The van der Waals surface area contributed by atoms with Crippen LogP contribution >= 0.6 is 0 Å². The molecule has 3 aromatic heterocycles. The fraction of sp³-hybridized carbons (Fsp3) is 0. The van der Waals surface area contributed by atoms with E-state index in [0.29, 0.717) is 5.95 Å². The van der Waals surface area contributed by atoms with Gasteiger partial charge in [0.2, 0.25) is 5.95 Å². The molecule has 188 valence electrons. The highest BCUT2D eigenvalue weighted by Gasteiger charge is 2.19. The monoisotopic (exact) mass is 512 g/mol. The average molecular weight is 513 g/mol. The van der Waals surface area contributed by atoms with Crippen molar-refractivity contribution in [2.24, 2.45) is 0 Å². The second kappa shape index (κ2) is 9.07. The van der Waals surface area contributed by atoms with Gasteiger partial charge in [-0.25, -0.2) is 9.97 Å². The molecular formula is C36H24N4. The second-order valence-electron chi connectivity index (χ2n) is 9.94. The Labute approximate surface area is 231 Å². The molecule has 0 spiro atoms. The van der Waals surface area contributed by atoms with Gasteiger partial charge < -0.3 is 4.57 Å². The van der Waals surface area contributed by atoms with E-state index >= 15 is 0 Å². The molecular weight excluding hydrogens is 488 g/mol. The second-order valence-corrected chi connectivity index (χ2v) is 9.94. The van der Waals surface area contributed by atoms with Gasteiger partial charge in [0, 0.05) is 28.2 Å². The molecule has 0 saturated heterocycles. The van der Waals surface area contributed by atoms with Crippen LogP contribution in [0.3, 0.4) is 0 Å². The van der Waals surface area contributed by atoms with Crippen molar-refractivity contribution < 1.29 is 0 Å². The number of para-hydroxylation sites is 3. The van der Waals surface area contributed by atoms with E-state index in [0.717, 1.165) is 44.6 Å². The third-order valence-corrected chi connectivity index (χ3v) is 7.58. The van der Waals surface area contributed by atoms with Crippen molar-refractivity contribution in [2.45, 2.75) is 0 Å². The molecule has 4 heteroatoms. The third-order valence-electron chi connectivity index (χ3n) is 7.58. The highest BCUT2D eigenvalue weighted by Crippen LogP contribution is 2.35. The third kappa shape index (κ3) is 3.54. The molecule has 8 rings (SSSR count). The maximum atomic E-state index is 5.34. The molecule has 3 heterocycles. The Morgan fingerprint density at radius 2 is 1.07 bits per heavy atom. The number of hydrogen-bond donors (Lipinski definition) is 0. The normalized spacial score (nSPS) is 11.5. The Kier molecular flexibility index (Phi) is 5.10. The quantitative estimate of drug-likeness (QED) is 0.236. The van der Waals surface area contributed by atoms with Crippen molar-refractivity contribution in [3.05, 3.63) is 146 Å². The van der Waals surface area contributed by atoms with Gasteiger partial charge in [-0.15, -0.1) is 0 Å². The van der Waals surface area contributed by atoms with E-state index in [2.05, 4.69) is 143 Å². The number of hydrogen-bond acceptors (Lipinski definition) is 2. The lowest BCUT2D eigenvalue weighted by atomic mass is 10.0. The van der Waals surface area contributed by atoms with Gasteiger partial charge in [0.15, 0.2) is 0 Å². The first-order valence-electron chi connectivity index (χ1n) is 13.4. The van der Waals surface area contributed by atoms with E-state index in [-0.39, 0.29) is 0 Å². The van der Waals surface area contributed by atoms with Crippen LogP contribution in [0.1, 0.15) is 0 Å². The predicted octanol–water partition coefficient (Wildman–Crippen LogP) is 8.85. The van der Waals surface area contributed by atoms with Gasteiger partial charge in [0.25, 0.3) is 0 Å². The predicted molar refractivity (Wildman–Crippen MR) is 164 cm³/mol. The van der Waals surface area contributed by atoms with Crippen LogP contribution in [0.2, 0.25) is 0 Å². The van der Waals surface area contributed by atoms with Gasteiger partial charge in [-0.2, -0.15) is 0 Å². The molecule has 0 atom stereocenters. The lowest BCUT2D eigenvalue weighted by molar-refractivity contribution is 1.01. The Bertz CT molecular complexity index is 2100. The van der Waals surface area contributed by atoms with Crippen LogP contribution in [0.5, 0.6) is 0 Å². The molecule has 8 aromatic rings. The highest BCUT2D eigenvalue weighted by atomic mass is 15.2. The van der Waals surface area contributed by atoms with E-state index in [1.54, 1.807) is 0 Å². The molecule has 0 radical (unpaired) electrons. The Balaban J connectivity index is 1.45. The van der Waals surface area contributed by atoms with Crippen LogP contribution in [0.15, 0.2) is 146 Å². The summed E-state index contributed by atoms with van der Waals surface area (Å²) in [6.07, 6.45) is 2.09. The van der Waals surface area contributed by atoms with Crippen molar-refractivity contribution in [1.82, 2.24) is 19.1 Å². The molecule has 0 amide bonds. The number of aromatic nitrogens is 4. The summed E-state index contributed by atoms with van der Waals surface area (Å²) in [5, 5.41) is 2.38. The first-order chi connectivity index (χ1) is 19.8. The van der Waals surface area contributed by atoms with Crippen molar-refractivity contribution in [1.29, 1.82) is 0 Å². The van der Waals surface area contributed by atoms with E-state index in [9.17, 15) is 0 Å². The highest BCUT2D eigenvalue weighted by molar-refractivity contribution is 6.09. The van der Waals surface area contributed by atoms with Crippen molar-refractivity contribution in [2.75, 3.05) is 0 Å². The molecule has 40 heavy (non-hydrogen) atoms. The lowest BCUT2D eigenvalue weighted by Gasteiger charge is -2.13. The topological polar surface area (TPSA) is 35.6 Å². The molecule has 5 aromatic carbocycles.